The van der Waals surface area contributed by atoms with E-state index in [0.29, 0.717) is 17.9 Å². The fraction of sp³-hybridized carbons (Fsp3) is 0.700. The highest BCUT2D eigenvalue weighted by Gasteiger charge is 2.40. The topological polar surface area (TPSA) is 66.5 Å². The number of ether oxygens (including phenoxy) is 1. The molecule has 2 aliphatic heterocycles. The van der Waals surface area contributed by atoms with Gasteiger partial charge in [0.1, 0.15) is 11.9 Å². The zero-order valence-corrected chi connectivity index (χ0v) is 15.4. The maximum Gasteiger partial charge on any atom is 0.228 e. The Morgan fingerprint density at radius 1 is 1.15 bits per heavy atom. The van der Waals surface area contributed by atoms with Crippen LogP contribution in [0.4, 0.5) is 0 Å². The predicted molar refractivity (Wildman–Crippen MR) is 99.5 cm³/mol. The van der Waals surface area contributed by atoms with Crippen LogP contribution in [0.2, 0.25) is 0 Å². The Balaban J connectivity index is 1.30. The molecule has 6 heteroatoms. The molecule has 2 saturated heterocycles. The van der Waals surface area contributed by atoms with Crippen LogP contribution in [0.3, 0.4) is 0 Å². The number of hydrazine groups is 1. The van der Waals surface area contributed by atoms with E-state index in [9.17, 15) is 4.79 Å². The molecule has 142 valence electrons. The van der Waals surface area contributed by atoms with Gasteiger partial charge in [-0.3, -0.25) is 20.6 Å². The van der Waals surface area contributed by atoms with Gasteiger partial charge in [-0.1, -0.05) is 19.3 Å². The Morgan fingerprint density at radius 2 is 1.96 bits per heavy atom. The largest absolute Gasteiger partial charge is 0.489 e. The Bertz CT molecular complexity index is 583. The number of aromatic nitrogens is 1. The van der Waals surface area contributed by atoms with Crippen LogP contribution in [0.5, 0.6) is 5.75 Å². The zero-order chi connectivity index (χ0) is 17.8. The number of nitrogens with zero attached hydrogens (tertiary/aromatic N) is 2. The zero-order valence-electron chi connectivity index (χ0n) is 15.4. The molecule has 0 spiro atoms. The summed E-state index contributed by atoms with van der Waals surface area (Å²) in [7, 11) is 0. The number of likely N-dealkylation sites (tertiary alicyclic amines) is 1. The average molecular weight is 358 g/mol. The Kier molecular flexibility index (Phi) is 5.70. The van der Waals surface area contributed by atoms with Crippen molar-refractivity contribution in [1.29, 1.82) is 0 Å². The lowest BCUT2D eigenvalue weighted by Gasteiger charge is -2.36. The molecule has 3 heterocycles. The molecule has 4 rings (SSSR count). The second-order valence-corrected chi connectivity index (χ2v) is 7.89. The third kappa shape index (κ3) is 4.01. The van der Waals surface area contributed by atoms with Crippen LogP contribution in [0.25, 0.3) is 0 Å². The summed E-state index contributed by atoms with van der Waals surface area (Å²) in [5.41, 5.74) is 6.66. The lowest BCUT2D eigenvalue weighted by Crippen LogP contribution is -2.49. The van der Waals surface area contributed by atoms with Crippen LogP contribution in [-0.2, 0) is 4.79 Å². The standard InChI is InChI=1S/C20H30N4O2/c25-20(18-14-22-23-19(18)15-5-2-1-3-6-15)24-11-8-16(9-12-24)26-17-7-4-10-21-13-17/h4,7,10,13,15-16,18-19,22-23H,1-3,5-6,8-9,11-12,14H2. The van der Waals surface area contributed by atoms with Crippen molar-refractivity contribution in [3.05, 3.63) is 24.5 Å². The quantitative estimate of drug-likeness (QED) is 0.863. The summed E-state index contributed by atoms with van der Waals surface area (Å²) in [5.74, 6) is 1.85. The molecule has 2 N–H and O–H groups in total. The first-order valence-electron chi connectivity index (χ1n) is 10.1. The van der Waals surface area contributed by atoms with Gasteiger partial charge in [0, 0.05) is 44.7 Å². The van der Waals surface area contributed by atoms with Crippen LogP contribution >= 0.6 is 0 Å². The minimum absolute atomic E-state index is 0.0777. The molecule has 26 heavy (non-hydrogen) atoms. The lowest BCUT2D eigenvalue weighted by atomic mass is 9.79. The first kappa shape index (κ1) is 17.7. The molecule has 1 aromatic rings. The average Bonchev–Trinajstić information content (AvgIpc) is 3.19. The van der Waals surface area contributed by atoms with Gasteiger partial charge in [-0.15, -0.1) is 0 Å². The molecule has 0 bridgehead atoms. The maximum atomic E-state index is 13.1. The van der Waals surface area contributed by atoms with E-state index in [2.05, 4.69) is 20.7 Å². The van der Waals surface area contributed by atoms with E-state index in [1.165, 1.54) is 32.1 Å². The van der Waals surface area contributed by atoms with Gasteiger partial charge < -0.3 is 9.64 Å². The number of hydrogen-bond donors (Lipinski definition) is 2. The predicted octanol–water partition coefficient (Wildman–Crippen LogP) is 2.12. The van der Waals surface area contributed by atoms with Gasteiger partial charge >= 0.3 is 0 Å². The number of carbonyl (C=O) groups excluding carboxylic acids is 1. The van der Waals surface area contributed by atoms with E-state index in [-0.39, 0.29) is 12.0 Å². The van der Waals surface area contributed by atoms with Gasteiger partial charge in [0.05, 0.1) is 12.1 Å². The number of hydrogen-bond acceptors (Lipinski definition) is 5. The number of rotatable bonds is 4. The van der Waals surface area contributed by atoms with Gasteiger partial charge in [-0.05, 0) is 30.9 Å². The maximum absolute atomic E-state index is 13.1. The normalized spacial score (nSPS) is 28.2. The number of piperidine rings is 1. The van der Waals surface area contributed by atoms with Crippen LogP contribution < -0.4 is 15.6 Å². The first-order chi connectivity index (χ1) is 12.8. The van der Waals surface area contributed by atoms with Crippen molar-refractivity contribution in [2.24, 2.45) is 11.8 Å². The molecule has 3 fully saturated rings. The molecule has 2 atom stereocenters. The van der Waals surface area contributed by atoms with Gasteiger partial charge in [0.2, 0.25) is 5.91 Å². The summed E-state index contributed by atoms with van der Waals surface area (Å²) in [5, 5.41) is 0. The minimum Gasteiger partial charge on any atom is -0.489 e. The van der Waals surface area contributed by atoms with E-state index in [0.717, 1.165) is 38.2 Å². The third-order valence-corrected chi connectivity index (χ3v) is 6.19. The van der Waals surface area contributed by atoms with E-state index >= 15 is 0 Å². The Labute approximate surface area is 155 Å². The molecular formula is C20H30N4O2. The fourth-order valence-corrected chi connectivity index (χ4v) is 4.73. The van der Waals surface area contributed by atoms with Crippen molar-refractivity contribution < 1.29 is 9.53 Å². The van der Waals surface area contributed by atoms with Crippen LogP contribution in [-0.4, -0.2) is 47.6 Å². The second kappa shape index (κ2) is 8.35. The molecule has 1 aliphatic carbocycles. The van der Waals surface area contributed by atoms with Crippen LogP contribution in [0.1, 0.15) is 44.9 Å². The molecule has 0 radical (unpaired) electrons. The highest BCUT2D eigenvalue weighted by Crippen LogP contribution is 2.32. The second-order valence-electron chi connectivity index (χ2n) is 7.89. The van der Waals surface area contributed by atoms with Gasteiger partial charge in [0.25, 0.3) is 0 Å². The Morgan fingerprint density at radius 3 is 2.69 bits per heavy atom. The summed E-state index contributed by atoms with van der Waals surface area (Å²) < 4.78 is 6.00. The molecule has 1 amide bonds. The van der Waals surface area contributed by atoms with Gasteiger partial charge in [0.15, 0.2) is 0 Å². The highest BCUT2D eigenvalue weighted by atomic mass is 16.5. The van der Waals surface area contributed by atoms with Crippen LogP contribution in [0.15, 0.2) is 24.5 Å². The summed E-state index contributed by atoms with van der Waals surface area (Å²) in [6.07, 6.45) is 11.9. The van der Waals surface area contributed by atoms with E-state index in [1.54, 1.807) is 12.4 Å². The molecule has 1 aromatic heterocycles. The Hall–Kier alpha value is -1.66. The van der Waals surface area contributed by atoms with E-state index in [1.807, 2.05) is 12.1 Å². The fourth-order valence-electron chi connectivity index (χ4n) is 4.73. The number of pyridine rings is 1. The van der Waals surface area contributed by atoms with Gasteiger partial charge in [-0.25, -0.2) is 0 Å². The SMILES string of the molecule is O=C(C1CNNC1C1CCCCC1)N1CCC(Oc2cccnc2)CC1. The summed E-state index contributed by atoms with van der Waals surface area (Å²) >= 11 is 0. The first-order valence-corrected chi connectivity index (χ1v) is 10.1. The van der Waals surface area contributed by atoms with Crippen molar-refractivity contribution in [2.45, 2.75) is 57.1 Å². The highest BCUT2D eigenvalue weighted by molar-refractivity contribution is 5.80. The van der Waals surface area contributed by atoms with E-state index < -0.39 is 0 Å². The van der Waals surface area contributed by atoms with Crippen molar-refractivity contribution in [1.82, 2.24) is 20.7 Å². The summed E-state index contributed by atoms with van der Waals surface area (Å²) in [4.78, 5) is 19.3. The third-order valence-electron chi connectivity index (χ3n) is 6.19. The summed E-state index contributed by atoms with van der Waals surface area (Å²) in [6, 6.07) is 4.13. The van der Waals surface area contributed by atoms with Crippen molar-refractivity contribution >= 4 is 5.91 Å². The monoisotopic (exact) mass is 358 g/mol. The minimum atomic E-state index is 0.0777. The van der Waals surface area contributed by atoms with Crippen molar-refractivity contribution in [2.75, 3.05) is 19.6 Å². The molecule has 1 saturated carbocycles. The molecule has 0 aromatic carbocycles. The number of carbonyl (C=O) groups is 1. The van der Waals surface area contributed by atoms with Crippen molar-refractivity contribution in [3.63, 3.8) is 0 Å². The molecule has 3 aliphatic rings. The lowest BCUT2D eigenvalue weighted by molar-refractivity contribution is -0.137. The molecular weight excluding hydrogens is 328 g/mol. The smallest absolute Gasteiger partial charge is 0.228 e. The van der Waals surface area contributed by atoms with E-state index in [4.69, 9.17) is 4.74 Å². The van der Waals surface area contributed by atoms with Gasteiger partial charge in [-0.2, -0.15) is 0 Å². The number of nitrogens with one attached hydrogen (secondary N) is 2. The summed E-state index contributed by atoms with van der Waals surface area (Å²) in [6.45, 7) is 2.33. The van der Waals surface area contributed by atoms with Crippen molar-refractivity contribution in [3.8, 4) is 5.75 Å². The molecule has 6 nitrogen and oxygen atoms in total. The number of amides is 1. The molecule has 2 unspecified atom stereocenters. The van der Waals surface area contributed by atoms with Crippen LogP contribution in [0, 0.1) is 11.8 Å².